The number of aliphatic hydroxyl groups excluding tert-OH is 5. The highest BCUT2D eigenvalue weighted by molar-refractivity contribution is 5.99. The maximum atomic E-state index is 13.4. The second-order valence-electron chi connectivity index (χ2n) is 9.37. The van der Waals surface area contributed by atoms with E-state index in [1.54, 1.807) is 30.3 Å². The van der Waals surface area contributed by atoms with E-state index in [1.807, 2.05) is 0 Å². The molecule has 0 spiro atoms. The van der Waals surface area contributed by atoms with E-state index in [2.05, 4.69) is 0 Å². The van der Waals surface area contributed by atoms with Crippen LogP contribution in [-0.2, 0) is 9.47 Å². The number of aliphatic hydroxyl groups is 5. The first-order valence-corrected chi connectivity index (χ1v) is 12.4. The fourth-order valence-corrected chi connectivity index (χ4v) is 4.95. The summed E-state index contributed by atoms with van der Waals surface area (Å²) in [5.41, 5.74) is 1.02. The lowest BCUT2D eigenvalue weighted by molar-refractivity contribution is -0.277. The summed E-state index contributed by atoms with van der Waals surface area (Å²) in [6, 6.07) is 9.70. The Bertz CT molecular complexity index is 1140. The van der Waals surface area contributed by atoms with Crippen LogP contribution in [0.4, 0.5) is 0 Å². The Hall–Kier alpha value is -2.97. The second kappa shape index (κ2) is 12.5. The average molecular weight is 551 g/mol. The summed E-state index contributed by atoms with van der Waals surface area (Å²) < 4.78 is 33.1. The lowest BCUT2D eigenvalue weighted by Crippen LogP contribution is -2.60. The Morgan fingerprint density at radius 2 is 1.51 bits per heavy atom. The molecule has 0 aliphatic carbocycles. The summed E-state index contributed by atoms with van der Waals surface area (Å²) in [6.45, 7) is -0.806. The second-order valence-corrected chi connectivity index (χ2v) is 9.37. The molecule has 2 aromatic rings. The number of methoxy groups -OCH3 is 3. The summed E-state index contributed by atoms with van der Waals surface area (Å²) in [5.74, 6) is -0.0688. The lowest BCUT2D eigenvalue weighted by atomic mass is 9.83. The molecule has 2 heterocycles. The van der Waals surface area contributed by atoms with Gasteiger partial charge < -0.3 is 54.0 Å². The van der Waals surface area contributed by atoms with E-state index in [0.29, 0.717) is 22.6 Å². The van der Waals surface area contributed by atoms with Gasteiger partial charge in [-0.05, 0) is 35.9 Å². The highest BCUT2D eigenvalue weighted by Crippen LogP contribution is 2.43. The number of carbonyl (C=O) groups excluding carboxylic acids is 1. The van der Waals surface area contributed by atoms with Crippen molar-refractivity contribution in [3.05, 3.63) is 47.5 Å². The van der Waals surface area contributed by atoms with Gasteiger partial charge in [-0.3, -0.25) is 4.79 Å². The first-order chi connectivity index (χ1) is 18.8. The number of benzene rings is 2. The Morgan fingerprint density at radius 3 is 2.15 bits per heavy atom. The van der Waals surface area contributed by atoms with Gasteiger partial charge in [-0.2, -0.15) is 0 Å². The van der Waals surface area contributed by atoms with E-state index in [9.17, 15) is 30.3 Å². The first-order valence-electron chi connectivity index (χ1n) is 12.4. The van der Waals surface area contributed by atoms with Gasteiger partial charge in [0.05, 0.1) is 46.6 Å². The van der Waals surface area contributed by atoms with Gasteiger partial charge >= 0.3 is 0 Å². The molecule has 5 N–H and O–H groups in total. The summed E-state index contributed by atoms with van der Waals surface area (Å²) in [7, 11) is 4.39. The molecule has 2 aliphatic heterocycles. The molecule has 0 aromatic heterocycles. The molecule has 0 saturated carbocycles. The standard InChI is InChI=1S/C27H34O12/c1-34-17-6-4-13(8-19(17)35-2)22(30)16-12-37-26(15(16)10-28)14-5-7-18(20(9-14)36-3)38-27-25(33)24(32)23(31)21(11-29)39-27/h4-9,15-16,21,23-29,31-33H,10-12H2,1-3H3/t15-,16-,21-,23-,24+,25-,26+,27-/m1/s1. The molecule has 8 atom stereocenters. The fraction of sp³-hybridized carbons (Fsp3) is 0.519. The molecule has 2 aromatic carbocycles. The number of hydrogen-bond donors (Lipinski definition) is 5. The van der Waals surface area contributed by atoms with Gasteiger partial charge in [0, 0.05) is 18.1 Å². The molecule has 0 unspecified atom stereocenters. The number of hydrogen-bond acceptors (Lipinski definition) is 12. The number of ketones is 1. The quantitative estimate of drug-likeness (QED) is 0.252. The average Bonchev–Trinajstić information content (AvgIpc) is 3.40. The van der Waals surface area contributed by atoms with Crippen LogP contribution >= 0.6 is 0 Å². The van der Waals surface area contributed by atoms with Crippen molar-refractivity contribution in [2.24, 2.45) is 11.8 Å². The zero-order valence-corrected chi connectivity index (χ0v) is 21.8. The SMILES string of the molecule is COc1ccc(C(=O)[C@@H]2CO[C@@H](c3ccc(O[C@@H]4O[C@H](CO)[C@@H](O)[C@H](O)[C@H]4O)c(OC)c3)[C@@H]2CO)cc1OC. The Morgan fingerprint density at radius 1 is 0.846 bits per heavy atom. The van der Waals surface area contributed by atoms with Crippen molar-refractivity contribution in [3.63, 3.8) is 0 Å². The van der Waals surface area contributed by atoms with Crippen LogP contribution in [0.15, 0.2) is 36.4 Å². The third-order valence-electron chi connectivity index (χ3n) is 7.18. The molecule has 0 bridgehead atoms. The molecule has 12 heteroatoms. The van der Waals surface area contributed by atoms with Crippen LogP contribution < -0.4 is 18.9 Å². The molecule has 2 aliphatic rings. The topological polar surface area (TPSA) is 174 Å². The zero-order valence-electron chi connectivity index (χ0n) is 21.8. The maximum absolute atomic E-state index is 13.4. The summed E-state index contributed by atoms with van der Waals surface area (Å²) in [4.78, 5) is 13.4. The van der Waals surface area contributed by atoms with Crippen LogP contribution in [-0.4, -0.2) is 103 Å². The van der Waals surface area contributed by atoms with E-state index in [4.69, 9.17) is 28.4 Å². The van der Waals surface area contributed by atoms with Crippen molar-refractivity contribution in [2.45, 2.75) is 36.8 Å². The van der Waals surface area contributed by atoms with Crippen molar-refractivity contribution >= 4 is 5.78 Å². The maximum Gasteiger partial charge on any atom is 0.229 e. The van der Waals surface area contributed by atoms with E-state index < -0.39 is 55.3 Å². The molecule has 12 nitrogen and oxygen atoms in total. The van der Waals surface area contributed by atoms with Crippen LogP contribution in [0.25, 0.3) is 0 Å². The van der Waals surface area contributed by atoms with Crippen molar-refractivity contribution < 1.29 is 58.7 Å². The van der Waals surface area contributed by atoms with Crippen molar-refractivity contribution in [1.29, 1.82) is 0 Å². The molecular formula is C27H34O12. The predicted molar refractivity (Wildman–Crippen MR) is 134 cm³/mol. The van der Waals surface area contributed by atoms with Gasteiger partial charge in [-0.15, -0.1) is 0 Å². The molecule has 0 radical (unpaired) electrons. The fourth-order valence-electron chi connectivity index (χ4n) is 4.95. The Kier molecular flexibility index (Phi) is 9.28. The van der Waals surface area contributed by atoms with Crippen molar-refractivity contribution in [2.75, 3.05) is 41.2 Å². The summed E-state index contributed by atoms with van der Waals surface area (Å²) in [5, 5.41) is 50.0. The molecule has 2 saturated heterocycles. The molecule has 0 amide bonds. The van der Waals surface area contributed by atoms with Crippen LogP contribution in [0.1, 0.15) is 22.0 Å². The molecular weight excluding hydrogens is 516 g/mol. The molecule has 2 fully saturated rings. The number of carbonyl (C=O) groups is 1. The van der Waals surface area contributed by atoms with E-state index in [0.717, 1.165) is 0 Å². The lowest BCUT2D eigenvalue weighted by Gasteiger charge is -2.39. The van der Waals surface area contributed by atoms with E-state index >= 15 is 0 Å². The molecule has 214 valence electrons. The minimum Gasteiger partial charge on any atom is -0.493 e. The summed E-state index contributed by atoms with van der Waals surface area (Å²) in [6.07, 6.45) is -7.85. The minimum absolute atomic E-state index is 0.0918. The Balaban J connectivity index is 1.53. The molecule has 4 rings (SSSR count). The minimum atomic E-state index is -1.59. The van der Waals surface area contributed by atoms with Crippen LogP contribution in [0.3, 0.4) is 0 Å². The van der Waals surface area contributed by atoms with Gasteiger partial charge in [0.15, 0.2) is 28.8 Å². The normalized spacial score (nSPS) is 30.6. The van der Waals surface area contributed by atoms with Crippen LogP contribution in [0.5, 0.6) is 23.0 Å². The van der Waals surface area contributed by atoms with Gasteiger partial charge in [-0.1, -0.05) is 6.07 Å². The number of Topliss-reactive ketones (excluding diaryl/α,β-unsaturated/α-hetero) is 1. The van der Waals surface area contributed by atoms with Gasteiger partial charge in [0.2, 0.25) is 6.29 Å². The van der Waals surface area contributed by atoms with Crippen molar-refractivity contribution in [1.82, 2.24) is 0 Å². The van der Waals surface area contributed by atoms with Gasteiger partial charge in [0.1, 0.15) is 24.4 Å². The largest absolute Gasteiger partial charge is 0.493 e. The zero-order chi connectivity index (χ0) is 28.3. The monoisotopic (exact) mass is 550 g/mol. The highest BCUT2D eigenvalue weighted by Gasteiger charge is 2.45. The van der Waals surface area contributed by atoms with Gasteiger partial charge in [-0.25, -0.2) is 0 Å². The highest BCUT2D eigenvalue weighted by atomic mass is 16.7. The van der Waals surface area contributed by atoms with Crippen LogP contribution in [0, 0.1) is 11.8 Å². The van der Waals surface area contributed by atoms with E-state index in [1.165, 1.54) is 27.4 Å². The smallest absolute Gasteiger partial charge is 0.229 e. The van der Waals surface area contributed by atoms with Gasteiger partial charge in [0.25, 0.3) is 0 Å². The number of rotatable bonds is 10. The third-order valence-corrected chi connectivity index (χ3v) is 7.18. The Labute approximate surface area is 225 Å². The molecule has 39 heavy (non-hydrogen) atoms. The predicted octanol–water partition coefficient (Wildman–Crippen LogP) is 0.0700. The van der Waals surface area contributed by atoms with Crippen molar-refractivity contribution in [3.8, 4) is 23.0 Å². The third kappa shape index (κ3) is 5.68. The van der Waals surface area contributed by atoms with E-state index in [-0.39, 0.29) is 30.5 Å². The van der Waals surface area contributed by atoms with Crippen LogP contribution in [0.2, 0.25) is 0 Å². The number of ether oxygens (including phenoxy) is 6. The summed E-state index contributed by atoms with van der Waals surface area (Å²) >= 11 is 0. The first kappa shape index (κ1) is 29.0.